The van der Waals surface area contributed by atoms with E-state index >= 15 is 0 Å². The fraction of sp³-hybridized carbons (Fsp3) is 0.643. The van der Waals surface area contributed by atoms with Gasteiger partial charge < -0.3 is 15.1 Å². The first-order chi connectivity index (χ1) is 10.3. The van der Waals surface area contributed by atoms with Gasteiger partial charge in [-0.3, -0.25) is 4.79 Å². The summed E-state index contributed by atoms with van der Waals surface area (Å²) in [6.45, 7) is 6.18. The summed E-state index contributed by atoms with van der Waals surface area (Å²) in [5.74, 6) is -0.0136. The van der Waals surface area contributed by atoms with Crippen LogP contribution in [0.2, 0.25) is 0 Å². The number of hydrogen-bond donors (Lipinski definition) is 3. The van der Waals surface area contributed by atoms with Crippen LogP contribution in [0, 0.1) is 12.3 Å². The third kappa shape index (κ3) is 3.68. The number of sulfonamides is 1. The van der Waals surface area contributed by atoms with Crippen LogP contribution in [0.15, 0.2) is 15.6 Å². The number of rotatable bonds is 5. The van der Waals surface area contributed by atoms with Crippen LogP contribution < -0.4 is 15.4 Å². The minimum Gasteiger partial charge on any atom is -0.448 e. The predicted octanol–water partition coefficient (Wildman–Crippen LogP) is 0.616. The highest BCUT2D eigenvalue weighted by Crippen LogP contribution is 2.27. The zero-order valence-corrected chi connectivity index (χ0v) is 14.0. The van der Waals surface area contributed by atoms with Crippen LogP contribution in [-0.2, 0) is 10.0 Å². The quantitative estimate of drug-likeness (QED) is 0.735. The Kier molecular flexibility index (Phi) is 4.93. The van der Waals surface area contributed by atoms with E-state index in [4.69, 9.17) is 4.42 Å². The summed E-state index contributed by atoms with van der Waals surface area (Å²) >= 11 is 0. The molecule has 0 spiro atoms. The van der Waals surface area contributed by atoms with E-state index in [0.717, 1.165) is 25.9 Å². The Morgan fingerprint density at radius 1 is 1.41 bits per heavy atom. The van der Waals surface area contributed by atoms with Gasteiger partial charge in [-0.15, -0.1) is 0 Å². The highest BCUT2D eigenvalue weighted by Gasteiger charge is 2.28. The second-order valence-electron chi connectivity index (χ2n) is 5.99. The number of piperidine rings is 1. The average molecular weight is 329 g/mol. The molecule has 1 amide bonds. The Balaban J connectivity index is 2.07. The SMILES string of the molecule is CNS(=O)(=O)c1cc(C(=O)NCC2(C)CCNCC2)c(C)o1. The van der Waals surface area contributed by atoms with Gasteiger partial charge in [0.1, 0.15) is 5.76 Å². The molecular formula is C14H23N3O4S. The molecule has 22 heavy (non-hydrogen) atoms. The summed E-state index contributed by atoms with van der Waals surface area (Å²) in [5.41, 5.74) is 0.324. The Morgan fingerprint density at radius 2 is 2.05 bits per heavy atom. The van der Waals surface area contributed by atoms with Gasteiger partial charge in [0, 0.05) is 12.6 Å². The van der Waals surface area contributed by atoms with Crippen molar-refractivity contribution in [2.45, 2.75) is 31.8 Å². The van der Waals surface area contributed by atoms with E-state index in [-0.39, 0.29) is 22.0 Å². The summed E-state index contributed by atoms with van der Waals surface area (Å²) in [5, 5.41) is 5.94. The maximum Gasteiger partial charge on any atom is 0.273 e. The first kappa shape index (κ1) is 17.0. The van der Waals surface area contributed by atoms with Crippen molar-refractivity contribution >= 4 is 15.9 Å². The van der Waals surface area contributed by atoms with Gasteiger partial charge in [0.25, 0.3) is 15.9 Å². The van der Waals surface area contributed by atoms with Gasteiger partial charge in [-0.2, -0.15) is 0 Å². The van der Waals surface area contributed by atoms with E-state index in [1.807, 2.05) is 0 Å². The Morgan fingerprint density at radius 3 is 2.64 bits per heavy atom. The monoisotopic (exact) mass is 329 g/mol. The third-order valence-electron chi connectivity index (χ3n) is 4.16. The van der Waals surface area contributed by atoms with Crippen LogP contribution in [0.25, 0.3) is 0 Å². The van der Waals surface area contributed by atoms with Crippen LogP contribution in [0.1, 0.15) is 35.9 Å². The maximum atomic E-state index is 12.3. The molecule has 0 aliphatic carbocycles. The van der Waals surface area contributed by atoms with Gasteiger partial charge in [0.15, 0.2) is 0 Å². The minimum atomic E-state index is -3.69. The third-order valence-corrected chi connectivity index (χ3v) is 5.43. The largest absolute Gasteiger partial charge is 0.448 e. The van der Waals surface area contributed by atoms with Gasteiger partial charge in [-0.25, -0.2) is 13.1 Å². The summed E-state index contributed by atoms with van der Waals surface area (Å²) in [6, 6.07) is 1.27. The predicted molar refractivity (Wildman–Crippen MR) is 82.2 cm³/mol. The molecule has 0 atom stereocenters. The fourth-order valence-corrected chi connectivity index (χ4v) is 3.22. The van der Waals surface area contributed by atoms with Crippen molar-refractivity contribution in [3.63, 3.8) is 0 Å². The van der Waals surface area contributed by atoms with Crippen LogP contribution in [0.5, 0.6) is 0 Å². The van der Waals surface area contributed by atoms with E-state index in [1.165, 1.54) is 13.1 Å². The molecule has 1 saturated heterocycles. The van der Waals surface area contributed by atoms with Crippen molar-refractivity contribution < 1.29 is 17.6 Å². The van der Waals surface area contributed by atoms with Gasteiger partial charge in [-0.1, -0.05) is 6.92 Å². The Bertz CT molecular complexity index is 645. The smallest absolute Gasteiger partial charge is 0.273 e. The Hall–Kier alpha value is -1.38. The normalized spacial score (nSPS) is 18.1. The molecule has 0 saturated carbocycles. The summed E-state index contributed by atoms with van der Waals surface area (Å²) < 4.78 is 30.8. The van der Waals surface area contributed by atoms with Crippen molar-refractivity contribution in [2.75, 3.05) is 26.7 Å². The van der Waals surface area contributed by atoms with Crippen LogP contribution >= 0.6 is 0 Å². The molecule has 124 valence electrons. The summed E-state index contributed by atoms with van der Waals surface area (Å²) in [7, 11) is -2.39. The number of amides is 1. The molecule has 1 aliphatic heterocycles. The van der Waals surface area contributed by atoms with Crippen molar-refractivity contribution in [3.05, 3.63) is 17.4 Å². The fourth-order valence-electron chi connectivity index (χ4n) is 2.51. The van der Waals surface area contributed by atoms with E-state index in [1.54, 1.807) is 6.92 Å². The molecule has 1 fully saturated rings. The zero-order chi connectivity index (χ0) is 16.4. The van der Waals surface area contributed by atoms with Gasteiger partial charge in [0.05, 0.1) is 5.56 Å². The first-order valence-corrected chi connectivity index (χ1v) is 8.79. The molecule has 2 heterocycles. The topological polar surface area (TPSA) is 100 Å². The number of nitrogens with one attached hydrogen (secondary N) is 3. The van der Waals surface area contributed by atoms with E-state index in [2.05, 4.69) is 22.3 Å². The van der Waals surface area contributed by atoms with Crippen molar-refractivity contribution in [1.82, 2.24) is 15.4 Å². The second-order valence-corrected chi connectivity index (χ2v) is 7.80. The Labute approximate surface area is 130 Å². The zero-order valence-electron chi connectivity index (χ0n) is 13.2. The van der Waals surface area contributed by atoms with Crippen molar-refractivity contribution in [1.29, 1.82) is 0 Å². The lowest BCUT2D eigenvalue weighted by Crippen LogP contribution is -2.42. The molecule has 1 aliphatic rings. The molecule has 1 aromatic heterocycles. The second kappa shape index (κ2) is 6.39. The maximum absolute atomic E-state index is 12.3. The summed E-state index contributed by atoms with van der Waals surface area (Å²) in [4.78, 5) is 12.3. The van der Waals surface area contributed by atoms with Crippen molar-refractivity contribution in [2.24, 2.45) is 5.41 Å². The molecular weight excluding hydrogens is 306 g/mol. The molecule has 0 aromatic carbocycles. The standard InChI is InChI=1S/C14H23N3O4S/c1-10-11(8-12(21-10)22(19,20)15-3)13(18)17-9-14(2)4-6-16-7-5-14/h8,15-16H,4-7,9H2,1-3H3,(H,17,18). The van der Waals surface area contributed by atoms with E-state index < -0.39 is 10.0 Å². The summed E-state index contributed by atoms with van der Waals surface area (Å²) in [6.07, 6.45) is 1.99. The molecule has 0 radical (unpaired) electrons. The minimum absolute atomic E-state index is 0.0679. The number of furan rings is 1. The molecule has 2 rings (SSSR count). The van der Waals surface area contributed by atoms with Crippen LogP contribution in [0.4, 0.5) is 0 Å². The van der Waals surface area contributed by atoms with Gasteiger partial charge >= 0.3 is 0 Å². The highest BCUT2D eigenvalue weighted by atomic mass is 32.2. The number of aryl methyl sites for hydroxylation is 1. The lowest BCUT2D eigenvalue weighted by atomic mass is 9.81. The molecule has 7 nitrogen and oxygen atoms in total. The lowest BCUT2D eigenvalue weighted by Gasteiger charge is -2.34. The number of carbonyl (C=O) groups is 1. The van der Waals surface area contributed by atoms with Crippen LogP contribution in [-0.4, -0.2) is 41.0 Å². The van der Waals surface area contributed by atoms with E-state index in [9.17, 15) is 13.2 Å². The number of carbonyl (C=O) groups excluding carboxylic acids is 1. The lowest BCUT2D eigenvalue weighted by molar-refractivity contribution is 0.0920. The molecule has 1 aromatic rings. The van der Waals surface area contributed by atoms with Gasteiger partial charge in [-0.05, 0) is 45.3 Å². The average Bonchev–Trinajstić information content (AvgIpc) is 2.88. The van der Waals surface area contributed by atoms with E-state index in [0.29, 0.717) is 12.3 Å². The molecule has 8 heteroatoms. The highest BCUT2D eigenvalue weighted by molar-refractivity contribution is 7.89. The first-order valence-electron chi connectivity index (χ1n) is 7.30. The van der Waals surface area contributed by atoms with Gasteiger partial charge in [0.2, 0.25) is 5.09 Å². The van der Waals surface area contributed by atoms with Crippen molar-refractivity contribution in [3.8, 4) is 0 Å². The molecule has 0 unspecified atom stereocenters. The number of hydrogen-bond acceptors (Lipinski definition) is 5. The molecule has 3 N–H and O–H groups in total. The molecule has 0 bridgehead atoms. The van der Waals surface area contributed by atoms with Crippen LogP contribution in [0.3, 0.4) is 0 Å².